The molecule has 21 heavy (non-hydrogen) atoms. The van der Waals surface area contributed by atoms with E-state index in [0.29, 0.717) is 13.2 Å². The van der Waals surface area contributed by atoms with E-state index >= 15 is 0 Å². The molecule has 0 spiro atoms. The van der Waals surface area contributed by atoms with Gasteiger partial charge in [-0.2, -0.15) is 0 Å². The number of anilines is 1. The lowest BCUT2D eigenvalue weighted by Crippen LogP contribution is -2.34. The molecule has 0 unspecified atom stereocenters. The number of benzene rings is 1. The minimum Gasteiger partial charge on any atom is -0.383 e. The van der Waals surface area contributed by atoms with E-state index in [9.17, 15) is 4.79 Å². The van der Waals surface area contributed by atoms with Crippen LogP contribution in [0, 0.1) is 0 Å². The topological polar surface area (TPSA) is 53.6 Å². The van der Waals surface area contributed by atoms with Crippen LogP contribution in [0.2, 0.25) is 0 Å². The Bertz CT molecular complexity index is 482. The van der Waals surface area contributed by atoms with Crippen LogP contribution >= 0.6 is 15.9 Å². The van der Waals surface area contributed by atoms with Gasteiger partial charge in [-0.15, -0.1) is 0 Å². The van der Waals surface area contributed by atoms with Gasteiger partial charge in [0.15, 0.2) is 0 Å². The molecule has 5 nitrogen and oxygen atoms in total. The molecule has 1 aromatic carbocycles. The third-order valence-electron chi connectivity index (χ3n) is 3.44. The molecule has 0 aliphatic carbocycles. The second-order valence-electron chi connectivity index (χ2n) is 5.07. The van der Waals surface area contributed by atoms with E-state index in [2.05, 4.69) is 43.6 Å². The van der Waals surface area contributed by atoms with Crippen LogP contribution in [0.5, 0.6) is 0 Å². The van der Waals surface area contributed by atoms with Crippen molar-refractivity contribution in [2.75, 3.05) is 44.8 Å². The molecule has 1 heterocycles. The Morgan fingerprint density at radius 1 is 1.48 bits per heavy atom. The van der Waals surface area contributed by atoms with Crippen molar-refractivity contribution in [3.63, 3.8) is 0 Å². The normalized spacial score (nSPS) is 15.7. The summed E-state index contributed by atoms with van der Waals surface area (Å²) in [5.74, 6) is 0.0914. The van der Waals surface area contributed by atoms with Crippen molar-refractivity contribution in [1.82, 2.24) is 10.6 Å². The van der Waals surface area contributed by atoms with Gasteiger partial charge < -0.3 is 20.3 Å². The van der Waals surface area contributed by atoms with E-state index in [-0.39, 0.29) is 5.91 Å². The highest BCUT2D eigenvalue weighted by molar-refractivity contribution is 9.10. The minimum absolute atomic E-state index is 0.0914. The highest BCUT2D eigenvalue weighted by Gasteiger charge is 2.17. The summed E-state index contributed by atoms with van der Waals surface area (Å²) < 4.78 is 6.10. The summed E-state index contributed by atoms with van der Waals surface area (Å²) in [4.78, 5) is 13.9. The van der Waals surface area contributed by atoms with Crippen molar-refractivity contribution in [3.8, 4) is 0 Å². The summed E-state index contributed by atoms with van der Waals surface area (Å²) in [6, 6.07) is 6.21. The highest BCUT2D eigenvalue weighted by atomic mass is 79.9. The number of hydrogen-bond acceptors (Lipinski definition) is 4. The highest BCUT2D eigenvalue weighted by Crippen LogP contribution is 2.25. The van der Waals surface area contributed by atoms with Crippen LogP contribution in [-0.4, -0.2) is 45.8 Å². The molecular weight excluding hydrogens is 334 g/mol. The van der Waals surface area contributed by atoms with Gasteiger partial charge in [0, 0.05) is 43.4 Å². The van der Waals surface area contributed by atoms with Crippen LogP contribution in [0.3, 0.4) is 0 Å². The third kappa shape index (κ3) is 4.98. The molecule has 1 aromatic rings. The molecule has 0 atom stereocenters. The van der Waals surface area contributed by atoms with Crippen LogP contribution in [0.25, 0.3) is 0 Å². The molecule has 0 aromatic heterocycles. The number of nitrogens with zero attached hydrogens (tertiary/aromatic N) is 1. The van der Waals surface area contributed by atoms with Crippen LogP contribution in [0.15, 0.2) is 22.7 Å². The van der Waals surface area contributed by atoms with E-state index in [1.807, 2.05) is 6.07 Å². The molecule has 6 heteroatoms. The molecule has 1 saturated heterocycles. The fourth-order valence-electron chi connectivity index (χ4n) is 2.41. The van der Waals surface area contributed by atoms with E-state index in [1.54, 1.807) is 7.11 Å². The van der Waals surface area contributed by atoms with Crippen molar-refractivity contribution in [1.29, 1.82) is 0 Å². The number of methoxy groups -OCH3 is 1. The molecule has 2 rings (SSSR count). The van der Waals surface area contributed by atoms with Gasteiger partial charge in [-0.25, -0.2) is 0 Å². The fraction of sp³-hybridized carbons (Fsp3) is 0.533. The largest absolute Gasteiger partial charge is 0.383 e. The van der Waals surface area contributed by atoms with Crippen molar-refractivity contribution >= 4 is 27.5 Å². The summed E-state index contributed by atoms with van der Waals surface area (Å²) >= 11 is 3.52. The monoisotopic (exact) mass is 355 g/mol. The van der Waals surface area contributed by atoms with Gasteiger partial charge >= 0.3 is 0 Å². The first-order valence-corrected chi connectivity index (χ1v) is 7.99. The van der Waals surface area contributed by atoms with Crippen molar-refractivity contribution in [2.24, 2.45) is 0 Å². The Hall–Kier alpha value is -1.11. The Labute approximate surface area is 134 Å². The summed E-state index contributed by atoms with van der Waals surface area (Å²) in [5, 5.41) is 6.28. The average Bonchev–Trinajstić information content (AvgIpc) is 2.68. The average molecular weight is 356 g/mol. The zero-order chi connectivity index (χ0) is 15.1. The number of ether oxygens (including phenoxy) is 1. The Morgan fingerprint density at radius 3 is 3.14 bits per heavy atom. The smallest absolute Gasteiger partial charge is 0.239 e. The Kier molecular flexibility index (Phi) is 6.48. The predicted octanol–water partition coefficient (Wildman–Crippen LogP) is 1.51. The maximum atomic E-state index is 11.8. The van der Waals surface area contributed by atoms with Gasteiger partial charge in [-0.1, -0.05) is 15.9 Å². The molecular formula is C15H22BrN3O2. The van der Waals surface area contributed by atoms with Crippen molar-refractivity contribution in [3.05, 3.63) is 28.2 Å². The number of carbonyl (C=O) groups is 1. The van der Waals surface area contributed by atoms with Gasteiger partial charge in [0.05, 0.1) is 13.2 Å². The first-order valence-electron chi connectivity index (χ1n) is 7.20. The van der Waals surface area contributed by atoms with Crippen LogP contribution in [0.1, 0.15) is 12.0 Å². The van der Waals surface area contributed by atoms with Crippen molar-refractivity contribution < 1.29 is 9.53 Å². The van der Waals surface area contributed by atoms with E-state index in [4.69, 9.17) is 4.74 Å². The van der Waals surface area contributed by atoms with Crippen LogP contribution < -0.4 is 15.5 Å². The maximum absolute atomic E-state index is 11.8. The molecule has 2 N–H and O–H groups in total. The zero-order valence-corrected chi connectivity index (χ0v) is 13.9. The lowest BCUT2D eigenvalue weighted by molar-refractivity contribution is -0.119. The summed E-state index contributed by atoms with van der Waals surface area (Å²) in [6.07, 6.45) is 0.971. The Balaban J connectivity index is 2.11. The molecule has 1 fully saturated rings. The third-order valence-corrected chi connectivity index (χ3v) is 3.94. The Morgan fingerprint density at radius 2 is 2.33 bits per heavy atom. The quantitative estimate of drug-likeness (QED) is 0.759. The second-order valence-corrected chi connectivity index (χ2v) is 5.98. The maximum Gasteiger partial charge on any atom is 0.239 e. The number of halogens is 1. The number of hydrogen-bond donors (Lipinski definition) is 2. The molecule has 1 amide bonds. The number of carbonyl (C=O) groups excluding carboxylic acids is 1. The van der Waals surface area contributed by atoms with Crippen molar-refractivity contribution in [2.45, 2.75) is 13.0 Å². The fourth-order valence-corrected chi connectivity index (χ4v) is 2.82. The van der Waals surface area contributed by atoms with Crippen LogP contribution in [-0.2, 0) is 16.1 Å². The molecule has 116 valence electrons. The predicted molar refractivity (Wildman–Crippen MR) is 87.6 cm³/mol. The van der Waals surface area contributed by atoms with Gasteiger partial charge in [-0.05, 0) is 30.2 Å². The molecule has 1 aliphatic rings. The lowest BCUT2D eigenvalue weighted by Gasteiger charge is -2.24. The molecule has 0 radical (unpaired) electrons. The number of nitrogens with one attached hydrogen (secondary N) is 2. The second kappa shape index (κ2) is 8.36. The summed E-state index contributed by atoms with van der Waals surface area (Å²) in [7, 11) is 1.70. The lowest BCUT2D eigenvalue weighted by atomic mass is 10.1. The van der Waals surface area contributed by atoms with E-state index < -0.39 is 0 Å². The van der Waals surface area contributed by atoms with Gasteiger partial charge in [-0.3, -0.25) is 4.79 Å². The molecule has 0 saturated carbocycles. The molecule has 1 aliphatic heterocycles. The number of amides is 1. The van der Waals surface area contributed by atoms with Crippen LogP contribution in [0.4, 0.5) is 5.69 Å². The first-order chi connectivity index (χ1) is 10.2. The zero-order valence-electron chi connectivity index (χ0n) is 12.3. The molecule has 0 bridgehead atoms. The van der Waals surface area contributed by atoms with E-state index in [0.717, 1.165) is 42.8 Å². The first kappa shape index (κ1) is 16.3. The SMILES string of the molecule is COCCNCc1cc(Br)ccc1N1CCCNC(=O)C1. The minimum atomic E-state index is 0.0914. The number of rotatable bonds is 6. The standard InChI is InChI=1S/C15H22BrN3O2/c1-21-8-6-17-10-12-9-13(16)3-4-14(12)19-7-2-5-18-15(20)11-19/h3-4,9,17H,2,5-8,10-11H2,1H3,(H,18,20). The van der Waals surface area contributed by atoms with Gasteiger partial charge in [0.25, 0.3) is 0 Å². The van der Waals surface area contributed by atoms with Gasteiger partial charge in [0.2, 0.25) is 5.91 Å². The van der Waals surface area contributed by atoms with E-state index in [1.165, 1.54) is 5.56 Å². The van der Waals surface area contributed by atoms with Gasteiger partial charge in [0.1, 0.15) is 0 Å². The summed E-state index contributed by atoms with van der Waals surface area (Å²) in [5.41, 5.74) is 2.32. The summed E-state index contributed by atoms with van der Waals surface area (Å²) in [6.45, 7) is 4.33.